The molecular weight excluding hydrogens is 322 g/mol. The summed E-state index contributed by atoms with van der Waals surface area (Å²) in [4.78, 5) is 13.0. The molecule has 0 aliphatic rings. The Balaban J connectivity index is 1.62. The third-order valence-electron chi connectivity index (χ3n) is 2.67. The lowest BCUT2D eigenvalue weighted by Crippen LogP contribution is -2.23. The van der Waals surface area contributed by atoms with E-state index in [-0.39, 0.29) is 5.91 Å². The van der Waals surface area contributed by atoms with E-state index in [1.165, 1.54) is 4.88 Å². The summed E-state index contributed by atoms with van der Waals surface area (Å²) in [6.45, 7) is 0.680. The zero-order chi connectivity index (χ0) is 14.9. The van der Waals surface area contributed by atoms with Crippen LogP contribution in [0.5, 0.6) is 0 Å². The van der Waals surface area contributed by atoms with Gasteiger partial charge in [-0.25, -0.2) is 0 Å². The van der Waals surface area contributed by atoms with Gasteiger partial charge in [0.25, 0.3) is 0 Å². The number of thioether (sulfide) groups is 1. The second-order valence-corrected chi connectivity index (χ2v) is 6.88. The van der Waals surface area contributed by atoms with Gasteiger partial charge < -0.3 is 5.32 Å². The minimum atomic E-state index is -0.0679. The maximum Gasteiger partial charge on any atom is 0.244 e. The van der Waals surface area contributed by atoms with Crippen LogP contribution < -0.4 is 5.32 Å². The van der Waals surface area contributed by atoms with E-state index in [0.717, 1.165) is 17.1 Å². The van der Waals surface area contributed by atoms with Gasteiger partial charge in [0.05, 0.1) is 0 Å². The van der Waals surface area contributed by atoms with Crippen molar-refractivity contribution in [1.82, 2.24) is 5.32 Å². The number of carbonyl (C=O) groups excluding carboxylic acids is 1. The average molecular weight is 338 g/mol. The zero-order valence-corrected chi connectivity index (χ0v) is 13.8. The third-order valence-corrected chi connectivity index (χ3v) is 4.99. The van der Waals surface area contributed by atoms with Crippen molar-refractivity contribution in [2.75, 3.05) is 12.3 Å². The predicted octanol–water partition coefficient (Wildman–Crippen LogP) is 4.46. The topological polar surface area (TPSA) is 29.1 Å². The van der Waals surface area contributed by atoms with Crippen molar-refractivity contribution in [3.05, 3.63) is 63.3 Å². The van der Waals surface area contributed by atoms with Crippen LogP contribution in [-0.2, 0) is 10.5 Å². The number of amides is 1. The second-order valence-electron chi connectivity index (χ2n) is 4.31. The zero-order valence-electron chi connectivity index (χ0n) is 11.4. The van der Waals surface area contributed by atoms with Crippen LogP contribution in [0, 0.1) is 0 Å². The van der Waals surface area contributed by atoms with Gasteiger partial charge in [-0.05, 0) is 35.2 Å². The molecular formula is C16H16ClNOS2. The summed E-state index contributed by atoms with van der Waals surface area (Å²) in [6.07, 6.45) is 3.33. The molecule has 21 heavy (non-hydrogen) atoms. The highest BCUT2D eigenvalue weighted by Crippen LogP contribution is 2.16. The number of carbonyl (C=O) groups is 1. The number of hydrogen-bond donors (Lipinski definition) is 1. The van der Waals surface area contributed by atoms with E-state index >= 15 is 0 Å². The molecule has 0 aliphatic heterocycles. The number of thiophene rings is 1. The number of hydrogen-bond acceptors (Lipinski definition) is 3. The van der Waals surface area contributed by atoms with E-state index in [1.807, 2.05) is 23.9 Å². The van der Waals surface area contributed by atoms with Crippen LogP contribution in [0.1, 0.15) is 10.4 Å². The van der Waals surface area contributed by atoms with E-state index < -0.39 is 0 Å². The maximum atomic E-state index is 11.6. The number of benzene rings is 1. The molecule has 2 rings (SSSR count). The Hall–Kier alpha value is -1.23. The van der Waals surface area contributed by atoms with Crippen LogP contribution in [0.2, 0.25) is 5.02 Å². The van der Waals surface area contributed by atoms with Gasteiger partial charge in [-0.3, -0.25) is 4.79 Å². The molecule has 110 valence electrons. The van der Waals surface area contributed by atoms with Gasteiger partial charge in [-0.1, -0.05) is 29.8 Å². The molecule has 0 saturated heterocycles. The molecule has 1 heterocycles. The number of rotatable bonds is 7. The Morgan fingerprint density at radius 2 is 2.10 bits per heavy atom. The molecule has 2 aromatic rings. The lowest BCUT2D eigenvalue weighted by Gasteiger charge is -2.01. The minimum Gasteiger partial charge on any atom is -0.352 e. The largest absolute Gasteiger partial charge is 0.352 e. The summed E-state index contributed by atoms with van der Waals surface area (Å²) in [5.74, 6) is 1.86. The lowest BCUT2D eigenvalue weighted by molar-refractivity contribution is -0.116. The quantitative estimate of drug-likeness (QED) is 0.596. The van der Waals surface area contributed by atoms with Crippen molar-refractivity contribution in [2.45, 2.75) is 5.75 Å². The Kier molecular flexibility index (Phi) is 6.86. The molecule has 0 fully saturated rings. The first-order valence-corrected chi connectivity index (χ1v) is 8.97. The smallest absolute Gasteiger partial charge is 0.244 e. The van der Waals surface area contributed by atoms with Crippen LogP contribution >= 0.6 is 34.7 Å². The molecule has 0 bridgehead atoms. The van der Waals surface area contributed by atoms with Gasteiger partial charge in [-0.15, -0.1) is 11.3 Å². The predicted molar refractivity (Wildman–Crippen MR) is 94.0 cm³/mol. The molecule has 1 aromatic heterocycles. The van der Waals surface area contributed by atoms with Gasteiger partial charge in [-0.2, -0.15) is 11.8 Å². The number of halogens is 1. The molecule has 1 N–H and O–H groups in total. The highest BCUT2D eigenvalue weighted by atomic mass is 35.5. The standard InChI is InChI=1S/C16H16ClNOS2/c17-14-6-3-13(4-7-14)5-8-16(19)18-9-11-20-12-15-2-1-10-21-15/h1-8,10H,9,11-12H2,(H,18,19)/b8-5+. The molecule has 0 aliphatic carbocycles. The third kappa shape index (κ3) is 6.38. The normalized spacial score (nSPS) is 10.9. The van der Waals surface area contributed by atoms with Crippen molar-refractivity contribution >= 4 is 46.7 Å². The van der Waals surface area contributed by atoms with Crippen molar-refractivity contribution in [1.29, 1.82) is 0 Å². The van der Waals surface area contributed by atoms with Crippen molar-refractivity contribution < 1.29 is 4.79 Å². The van der Waals surface area contributed by atoms with E-state index in [2.05, 4.69) is 22.8 Å². The highest BCUT2D eigenvalue weighted by molar-refractivity contribution is 7.98. The van der Waals surface area contributed by atoms with E-state index in [9.17, 15) is 4.79 Å². The van der Waals surface area contributed by atoms with Crippen LogP contribution in [0.25, 0.3) is 6.08 Å². The van der Waals surface area contributed by atoms with Crippen LogP contribution in [0.15, 0.2) is 47.9 Å². The first kappa shape index (κ1) is 16.1. The molecule has 0 saturated carbocycles. The van der Waals surface area contributed by atoms with Crippen molar-refractivity contribution in [3.63, 3.8) is 0 Å². The number of nitrogens with one attached hydrogen (secondary N) is 1. The first-order valence-electron chi connectivity index (χ1n) is 6.55. The molecule has 1 aromatic carbocycles. The van der Waals surface area contributed by atoms with E-state index in [0.29, 0.717) is 11.6 Å². The lowest BCUT2D eigenvalue weighted by atomic mass is 10.2. The first-order chi connectivity index (χ1) is 10.2. The van der Waals surface area contributed by atoms with Crippen molar-refractivity contribution in [3.8, 4) is 0 Å². The fourth-order valence-corrected chi connectivity index (χ4v) is 3.44. The van der Waals surface area contributed by atoms with Crippen molar-refractivity contribution in [2.24, 2.45) is 0 Å². The summed E-state index contributed by atoms with van der Waals surface area (Å²) < 4.78 is 0. The van der Waals surface area contributed by atoms with Crippen LogP contribution in [0.4, 0.5) is 0 Å². The molecule has 2 nitrogen and oxygen atoms in total. The monoisotopic (exact) mass is 337 g/mol. The Morgan fingerprint density at radius 3 is 2.81 bits per heavy atom. The van der Waals surface area contributed by atoms with Gasteiger partial charge in [0.15, 0.2) is 0 Å². The van der Waals surface area contributed by atoms with Gasteiger partial charge in [0.1, 0.15) is 0 Å². The summed E-state index contributed by atoms with van der Waals surface area (Å²) in [7, 11) is 0. The molecule has 0 radical (unpaired) electrons. The minimum absolute atomic E-state index is 0.0679. The molecule has 1 amide bonds. The summed E-state index contributed by atoms with van der Waals surface area (Å²) in [5, 5.41) is 5.65. The molecule has 5 heteroatoms. The Morgan fingerprint density at radius 1 is 1.29 bits per heavy atom. The van der Waals surface area contributed by atoms with Gasteiger partial charge in [0, 0.05) is 34.0 Å². The average Bonchev–Trinajstić information content (AvgIpc) is 2.99. The van der Waals surface area contributed by atoms with Gasteiger partial charge in [0.2, 0.25) is 5.91 Å². The molecule has 0 unspecified atom stereocenters. The summed E-state index contributed by atoms with van der Waals surface area (Å²) >= 11 is 9.40. The fourth-order valence-electron chi connectivity index (χ4n) is 1.62. The summed E-state index contributed by atoms with van der Waals surface area (Å²) in [5.41, 5.74) is 0.960. The van der Waals surface area contributed by atoms with Gasteiger partial charge >= 0.3 is 0 Å². The van der Waals surface area contributed by atoms with E-state index in [4.69, 9.17) is 11.6 Å². The SMILES string of the molecule is O=C(/C=C/c1ccc(Cl)cc1)NCCSCc1cccs1. The molecule has 0 spiro atoms. The Labute approximate surface area is 138 Å². The highest BCUT2D eigenvalue weighted by Gasteiger charge is 1.97. The molecule has 0 atom stereocenters. The second kappa shape index (κ2) is 8.93. The van der Waals surface area contributed by atoms with E-state index in [1.54, 1.807) is 35.6 Å². The maximum absolute atomic E-state index is 11.6. The fraction of sp³-hybridized carbons (Fsp3) is 0.188. The van der Waals surface area contributed by atoms with Crippen LogP contribution in [-0.4, -0.2) is 18.2 Å². The Bertz CT molecular complexity index is 579. The van der Waals surface area contributed by atoms with Crippen LogP contribution in [0.3, 0.4) is 0 Å². The summed E-state index contributed by atoms with van der Waals surface area (Å²) in [6, 6.07) is 11.6.